The Morgan fingerprint density at radius 1 is 1.10 bits per heavy atom. The molecule has 0 aliphatic heterocycles. The number of carbonyl (C=O) groups is 3. The van der Waals surface area contributed by atoms with Crippen molar-refractivity contribution in [3.63, 3.8) is 0 Å². The minimum Gasteiger partial charge on any atom is -0.454 e. The predicted octanol–water partition coefficient (Wildman–Crippen LogP) is 2.69. The van der Waals surface area contributed by atoms with Gasteiger partial charge in [-0.2, -0.15) is 10.1 Å². The van der Waals surface area contributed by atoms with Gasteiger partial charge in [0.05, 0.1) is 6.42 Å². The van der Waals surface area contributed by atoms with Crippen molar-refractivity contribution in [1.82, 2.24) is 19.6 Å². The molecule has 3 rings (SSSR count). The molecule has 162 valence electrons. The second-order valence-corrected chi connectivity index (χ2v) is 7.63. The fourth-order valence-corrected chi connectivity index (χ4v) is 3.09. The van der Waals surface area contributed by atoms with Crippen molar-refractivity contribution in [3.05, 3.63) is 53.1 Å². The lowest BCUT2D eigenvalue weighted by Gasteiger charge is -2.15. The van der Waals surface area contributed by atoms with E-state index in [1.165, 1.54) is 13.3 Å². The number of benzene rings is 1. The highest BCUT2D eigenvalue weighted by atomic mass is 16.5. The van der Waals surface area contributed by atoms with Gasteiger partial charge in [0.25, 0.3) is 5.78 Å². The second kappa shape index (κ2) is 9.03. The van der Waals surface area contributed by atoms with E-state index >= 15 is 0 Å². The van der Waals surface area contributed by atoms with Gasteiger partial charge in [0, 0.05) is 34.1 Å². The molecule has 2 heterocycles. The molecule has 1 atom stereocenters. The molecule has 0 bridgehead atoms. The molecule has 1 N–H and O–H groups in total. The number of amides is 1. The summed E-state index contributed by atoms with van der Waals surface area (Å²) in [5.74, 6) is -0.648. The molecule has 0 unspecified atom stereocenters. The van der Waals surface area contributed by atoms with Crippen LogP contribution in [0.25, 0.3) is 5.78 Å². The number of fused-ring (bicyclic) bond motifs is 1. The zero-order chi connectivity index (χ0) is 22.7. The van der Waals surface area contributed by atoms with Crippen molar-refractivity contribution in [3.8, 4) is 0 Å². The van der Waals surface area contributed by atoms with Crippen LogP contribution in [0, 0.1) is 19.8 Å². The van der Waals surface area contributed by atoms with Crippen LogP contribution in [-0.2, 0) is 20.7 Å². The first-order chi connectivity index (χ1) is 14.7. The highest BCUT2D eigenvalue weighted by Gasteiger charge is 2.22. The smallest absolute Gasteiger partial charge is 0.311 e. The zero-order valence-electron chi connectivity index (χ0n) is 18.2. The van der Waals surface area contributed by atoms with Crippen molar-refractivity contribution in [1.29, 1.82) is 0 Å². The second-order valence-electron chi connectivity index (χ2n) is 7.63. The lowest BCUT2D eigenvalue weighted by Crippen LogP contribution is -2.26. The number of nitrogens with zero attached hydrogens (tertiary/aromatic N) is 4. The Bertz CT molecular complexity index is 1130. The molecule has 9 heteroatoms. The van der Waals surface area contributed by atoms with Gasteiger partial charge in [0.2, 0.25) is 11.7 Å². The van der Waals surface area contributed by atoms with Crippen molar-refractivity contribution in [2.75, 3.05) is 5.32 Å². The number of aromatic nitrogens is 4. The SMILES string of the molecule is Cc1nc2ncnn2c(C)c1CC(=O)O[C@H](C)C(=O)c1ccc(NC(=O)C(C)C)cc1. The highest BCUT2D eigenvalue weighted by Crippen LogP contribution is 2.16. The molecule has 0 saturated heterocycles. The predicted molar refractivity (Wildman–Crippen MR) is 114 cm³/mol. The van der Waals surface area contributed by atoms with Gasteiger partial charge in [-0.1, -0.05) is 13.8 Å². The summed E-state index contributed by atoms with van der Waals surface area (Å²) in [5, 5.41) is 6.87. The quantitative estimate of drug-likeness (QED) is 0.459. The fourth-order valence-electron chi connectivity index (χ4n) is 3.09. The Kier molecular flexibility index (Phi) is 6.43. The van der Waals surface area contributed by atoms with Gasteiger partial charge in [-0.3, -0.25) is 14.4 Å². The van der Waals surface area contributed by atoms with Crippen LogP contribution in [0.2, 0.25) is 0 Å². The van der Waals surface area contributed by atoms with E-state index in [0.29, 0.717) is 28.3 Å². The van der Waals surface area contributed by atoms with Crippen LogP contribution in [0.4, 0.5) is 5.69 Å². The maximum Gasteiger partial charge on any atom is 0.311 e. The minimum atomic E-state index is -0.952. The lowest BCUT2D eigenvalue weighted by atomic mass is 10.1. The Morgan fingerprint density at radius 2 is 1.77 bits per heavy atom. The van der Waals surface area contributed by atoms with Crippen molar-refractivity contribution >= 4 is 29.1 Å². The number of hydrogen-bond donors (Lipinski definition) is 1. The summed E-state index contributed by atoms with van der Waals surface area (Å²) in [5.41, 5.74) is 3.08. The van der Waals surface area contributed by atoms with Crippen molar-refractivity contribution in [2.24, 2.45) is 5.92 Å². The molecule has 0 aliphatic carbocycles. The Balaban J connectivity index is 1.64. The molecule has 1 amide bonds. The number of anilines is 1. The Morgan fingerprint density at radius 3 is 2.42 bits per heavy atom. The average Bonchev–Trinajstić information content (AvgIpc) is 3.19. The zero-order valence-corrected chi connectivity index (χ0v) is 18.2. The van der Waals surface area contributed by atoms with Crippen LogP contribution in [0.5, 0.6) is 0 Å². The van der Waals surface area contributed by atoms with E-state index in [-0.39, 0.29) is 24.0 Å². The fraction of sp³-hybridized carbons (Fsp3) is 0.364. The first-order valence-corrected chi connectivity index (χ1v) is 9.97. The average molecular weight is 423 g/mol. The maximum absolute atomic E-state index is 12.6. The van der Waals surface area contributed by atoms with Crippen LogP contribution in [0.15, 0.2) is 30.6 Å². The molecule has 0 spiro atoms. The number of ketones is 1. The standard InChI is InChI=1S/C22H25N5O4/c1-12(2)21(30)26-17-8-6-16(7-9-17)20(29)15(5)31-19(28)10-18-13(3)25-22-23-11-24-27(22)14(18)4/h6-9,11-12,15H,10H2,1-5H3,(H,26,30)/t15-/m1/s1. The summed E-state index contributed by atoms with van der Waals surface area (Å²) in [7, 11) is 0. The van der Waals surface area contributed by atoms with Gasteiger partial charge in [0.1, 0.15) is 6.33 Å². The molecule has 9 nitrogen and oxygen atoms in total. The summed E-state index contributed by atoms with van der Waals surface area (Å²) in [6, 6.07) is 6.49. The molecule has 0 aliphatic rings. The van der Waals surface area contributed by atoms with Gasteiger partial charge < -0.3 is 10.1 Å². The van der Waals surface area contributed by atoms with Crippen LogP contribution >= 0.6 is 0 Å². The van der Waals surface area contributed by atoms with E-state index in [2.05, 4.69) is 20.4 Å². The molecular formula is C22H25N5O4. The van der Waals surface area contributed by atoms with E-state index < -0.39 is 12.1 Å². The molecule has 2 aromatic heterocycles. The Labute approximate surface area is 179 Å². The molecular weight excluding hydrogens is 398 g/mol. The molecule has 1 aromatic carbocycles. The van der Waals surface area contributed by atoms with Gasteiger partial charge in [-0.15, -0.1) is 0 Å². The summed E-state index contributed by atoms with van der Waals surface area (Å²) >= 11 is 0. The van der Waals surface area contributed by atoms with E-state index in [9.17, 15) is 14.4 Å². The van der Waals surface area contributed by atoms with E-state index in [1.54, 1.807) is 49.6 Å². The molecule has 0 radical (unpaired) electrons. The summed E-state index contributed by atoms with van der Waals surface area (Å²) in [4.78, 5) is 45.3. The van der Waals surface area contributed by atoms with Gasteiger partial charge in [-0.05, 0) is 45.0 Å². The highest BCUT2D eigenvalue weighted by molar-refractivity contribution is 6.01. The number of hydrogen-bond acceptors (Lipinski definition) is 7. The summed E-state index contributed by atoms with van der Waals surface area (Å²) in [6.07, 6.45) is 0.419. The van der Waals surface area contributed by atoms with Crippen LogP contribution < -0.4 is 5.32 Å². The van der Waals surface area contributed by atoms with E-state index in [0.717, 1.165) is 5.69 Å². The number of esters is 1. The first kappa shape index (κ1) is 22.1. The first-order valence-electron chi connectivity index (χ1n) is 9.97. The minimum absolute atomic E-state index is 0.0295. The topological polar surface area (TPSA) is 116 Å². The number of Topliss-reactive ketones (excluding diaryl/α,β-unsaturated/α-hetero) is 1. The van der Waals surface area contributed by atoms with Crippen molar-refractivity contribution in [2.45, 2.75) is 47.1 Å². The Hall–Kier alpha value is -3.62. The largest absolute Gasteiger partial charge is 0.454 e. The molecule has 0 saturated carbocycles. The number of rotatable bonds is 7. The van der Waals surface area contributed by atoms with Gasteiger partial charge in [0.15, 0.2) is 6.10 Å². The monoisotopic (exact) mass is 423 g/mol. The normalized spacial score (nSPS) is 12.1. The van der Waals surface area contributed by atoms with Crippen molar-refractivity contribution < 1.29 is 19.1 Å². The van der Waals surface area contributed by atoms with E-state index in [1.807, 2.05) is 6.92 Å². The third-order valence-electron chi connectivity index (χ3n) is 4.95. The van der Waals surface area contributed by atoms with Crippen LogP contribution in [0.3, 0.4) is 0 Å². The summed E-state index contributed by atoms with van der Waals surface area (Å²) in [6.45, 7) is 8.75. The molecule has 3 aromatic rings. The lowest BCUT2D eigenvalue weighted by molar-refractivity contribution is -0.145. The molecule has 31 heavy (non-hydrogen) atoms. The number of carbonyl (C=O) groups excluding carboxylic acids is 3. The number of nitrogens with one attached hydrogen (secondary N) is 1. The van der Waals surface area contributed by atoms with Gasteiger partial charge >= 0.3 is 5.97 Å². The third kappa shape index (κ3) is 4.93. The maximum atomic E-state index is 12.6. The van der Waals surface area contributed by atoms with Crippen LogP contribution in [0.1, 0.15) is 48.1 Å². The molecule has 0 fully saturated rings. The number of aryl methyl sites for hydroxylation is 2. The number of ether oxygens (including phenoxy) is 1. The third-order valence-corrected chi connectivity index (χ3v) is 4.95. The van der Waals surface area contributed by atoms with Crippen LogP contribution in [-0.4, -0.2) is 43.3 Å². The van der Waals surface area contributed by atoms with Gasteiger partial charge in [-0.25, -0.2) is 9.50 Å². The van der Waals surface area contributed by atoms with E-state index in [4.69, 9.17) is 4.74 Å². The summed E-state index contributed by atoms with van der Waals surface area (Å²) < 4.78 is 6.93.